The van der Waals surface area contributed by atoms with E-state index in [9.17, 15) is 4.79 Å². The van der Waals surface area contributed by atoms with Gasteiger partial charge in [-0.25, -0.2) is 0 Å². The molecule has 128 valence electrons. The van der Waals surface area contributed by atoms with Gasteiger partial charge >= 0.3 is 0 Å². The van der Waals surface area contributed by atoms with Gasteiger partial charge < -0.3 is 10.2 Å². The molecule has 3 aromatic rings. The number of primary amides is 1. The first kappa shape index (κ1) is 17.0. The molecule has 1 aromatic carbocycles. The fraction of sp³-hybridized carbons (Fsp3) is 0.167. The van der Waals surface area contributed by atoms with Crippen molar-refractivity contribution in [2.24, 2.45) is 5.73 Å². The summed E-state index contributed by atoms with van der Waals surface area (Å²) in [5.41, 5.74) is 7.30. The quantitative estimate of drug-likeness (QED) is 0.519. The number of hydrogen-bond acceptors (Lipinski definition) is 5. The van der Waals surface area contributed by atoms with Gasteiger partial charge in [-0.15, -0.1) is 16.8 Å². The summed E-state index contributed by atoms with van der Waals surface area (Å²) in [5.74, 6) is 0.999. The van der Waals surface area contributed by atoms with Gasteiger partial charge in [-0.1, -0.05) is 48.2 Å². The molecule has 2 aromatic heterocycles. The zero-order valence-electron chi connectivity index (χ0n) is 13.8. The van der Waals surface area contributed by atoms with Crippen LogP contribution >= 0.6 is 11.8 Å². The summed E-state index contributed by atoms with van der Waals surface area (Å²) in [6.07, 6.45) is 3.37. The number of aromatic nitrogens is 3. The molecule has 0 aliphatic rings. The van der Waals surface area contributed by atoms with E-state index in [1.807, 2.05) is 47.9 Å². The van der Waals surface area contributed by atoms with Crippen LogP contribution in [0.15, 0.2) is 64.9 Å². The van der Waals surface area contributed by atoms with E-state index in [0.717, 1.165) is 16.9 Å². The van der Waals surface area contributed by atoms with Crippen molar-refractivity contribution in [1.29, 1.82) is 0 Å². The minimum Gasteiger partial charge on any atom is -0.469 e. The first-order chi connectivity index (χ1) is 12.1. The highest BCUT2D eigenvalue weighted by molar-refractivity contribution is 8.00. The second-order valence-electron chi connectivity index (χ2n) is 5.41. The molecule has 0 spiro atoms. The number of allylic oxidation sites excluding steroid dienone is 1. The van der Waals surface area contributed by atoms with E-state index in [1.54, 1.807) is 12.3 Å². The van der Waals surface area contributed by atoms with Crippen LogP contribution in [0.4, 0.5) is 0 Å². The maximum atomic E-state index is 12.0. The number of carbonyl (C=O) groups is 1. The SMILES string of the molecule is C=CCn1c(S[C@H](C(N)=O)c2ccccc2)nnc1-c1ccoc1C. The third kappa shape index (κ3) is 3.51. The van der Waals surface area contributed by atoms with Gasteiger partial charge in [0.2, 0.25) is 5.91 Å². The van der Waals surface area contributed by atoms with Gasteiger partial charge in [0.15, 0.2) is 11.0 Å². The van der Waals surface area contributed by atoms with Crippen LogP contribution in [0.2, 0.25) is 0 Å². The van der Waals surface area contributed by atoms with Gasteiger partial charge in [0.25, 0.3) is 0 Å². The van der Waals surface area contributed by atoms with Crippen LogP contribution in [-0.4, -0.2) is 20.7 Å². The molecule has 0 aliphatic carbocycles. The van der Waals surface area contributed by atoms with Gasteiger partial charge in [-0.3, -0.25) is 9.36 Å². The van der Waals surface area contributed by atoms with Crippen LogP contribution in [0, 0.1) is 6.92 Å². The fourth-order valence-electron chi connectivity index (χ4n) is 2.51. The van der Waals surface area contributed by atoms with Crippen molar-refractivity contribution in [3.63, 3.8) is 0 Å². The number of hydrogen-bond donors (Lipinski definition) is 1. The highest BCUT2D eigenvalue weighted by Crippen LogP contribution is 2.36. The van der Waals surface area contributed by atoms with Crippen molar-refractivity contribution in [3.05, 3.63) is 66.6 Å². The van der Waals surface area contributed by atoms with Gasteiger partial charge in [0, 0.05) is 6.54 Å². The Bertz CT molecular complexity index is 886. The Hall–Kier alpha value is -2.80. The van der Waals surface area contributed by atoms with E-state index in [0.29, 0.717) is 17.5 Å². The molecule has 2 N–H and O–H groups in total. The minimum atomic E-state index is -0.549. The lowest BCUT2D eigenvalue weighted by molar-refractivity contribution is -0.117. The normalized spacial score (nSPS) is 12.0. The Labute approximate surface area is 149 Å². The van der Waals surface area contributed by atoms with E-state index in [4.69, 9.17) is 10.2 Å². The molecule has 6 nitrogen and oxygen atoms in total. The molecular formula is C18H18N4O2S. The number of rotatable bonds is 7. The van der Waals surface area contributed by atoms with E-state index in [1.165, 1.54) is 11.8 Å². The monoisotopic (exact) mass is 354 g/mol. The summed E-state index contributed by atoms with van der Waals surface area (Å²) >= 11 is 1.28. The molecule has 3 rings (SSSR count). The Morgan fingerprint density at radius 3 is 2.72 bits per heavy atom. The molecule has 0 unspecified atom stereocenters. The highest BCUT2D eigenvalue weighted by Gasteiger charge is 2.24. The second-order valence-corrected chi connectivity index (χ2v) is 6.48. The standard InChI is InChI=1S/C18H18N4O2S/c1-3-10-22-17(14-9-11-24-12(14)2)20-21-18(22)25-15(16(19)23)13-7-5-4-6-8-13/h3-9,11,15H,1,10H2,2H3,(H2,19,23)/t15-/m0/s1. The summed E-state index contributed by atoms with van der Waals surface area (Å²) in [4.78, 5) is 12.0. The van der Waals surface area contributed by atoms with E-state index < -0.39 is 11.2 Å². The summed E-state index contributed by atoms with van der Waals surface area (Å²) in [7, 11) is 0. The third-order valence-electron chi connectivity index (χ3n) is 3.71. The predicted molar refractivity (Wildman–Crippen MR) is 96.9 cm³/mol. The molecule has 7 heteroatoms. The Kier molecular flexibility index (Phi) is 5.04. The number of benzene rings is 1. The van der Waals surface area contributed by atoms with Gasteiger partial charge in [0.1, 0.15) is 11.0 Å². The van der Waals surface area contributed by atoms with Crippen LogP contribution in [0.3, 0.4) is 0 Å². The lowest BCUT2D eigenvalue weighted by Gasteiger charge is -2.14. The second kappa shape index (κ2) is 7.40. The third-order valence-corrected chi connectivity index (χ3v) is 4.97. The Balaban J connectivity index is 1.99. The lowest BCUT2D eigenvalue weighted by atomic mass is 10.1. The van der Waals surface area contributed by atoms with Crippen LogP contribution in [0.5, 0.6) is 0 Å². The van der Waals surface area contributed by atoms with Crippen LogP contribution in [-0.2, 0) is 11.3 Å². The summed E-state index contributed by atoms with van der Waals surface area (Å²) < 4.78 is 7.26. The number of furan rings is 1. The maximum absolute atomic E-state index is 12.0. The number of thioether (sulfide) groups is 1. The largest absolute Gasteiger partial charge is 0.469 e. The summed E-state index contributed by atoms with van der Waals surface area (Å²) in [5, 5.41) is 8.59. The zero-order chi connectivity index (χ0) is 17.8. The molecule has 0 fully saturated rings. The maximum Gasteiger partial charge on any atom is 0.235 e. The Morgan fingerprint density at radius 1 is 1.36 bits per heavy atom. The van der Waals surface area contributed by atoms with Gasteiger partial charge in [-0.05, 0) is 18.6 Å². The predicted octanol–water partition coefficient (Wildman–Crippen LogP) is 3.35. The van der Waals surface area contributed by atoms with Crippen molar-refractivity contribution >= 4 is 17.7 Å². The first-order valence-electron chi connectivity index (χ1n) is 7.71. The molecule has 0 saturated heterocycles. The minimum absolute atomic E-state index is 0.426. The first-order valence-corrected chi connectivity index (χ1v) is 8.59. The van der Waals surface area contributed by atoms with Crippen molar-refractivity contribution in [3.8, 4) is 11.4 Å². The van der Waals surface area contributed by atoms with Crippen molar-refractivity contribution in [2.45, 2.75) is 23.9 Å². The number of nitrogens with two attached hydrogens (primary N) is 1. The number of aryl methyl sites for hydroxylation is 1. The average Bonchev–Trinajstić information content (AvgIpc) is 3.19. The molecule has 2 heterocycles. The van der Waals surface area contributed by atoms with Gasteiger partial charge in [0.05, 0.1) is 11.8 Å². The summed E-state index contributed by atoms with van der Waals surface area (Å²) in [6.45, 7) is 6.17. The van der Waals surface area contributed by atoms with E-state index >= 15 is 0 Å². The average molecular weight is 354 g/mol. The number of amides is 1. The lowest BCUT2D eigenvalue weighted by Crippen LogP contribution is -2.19. The van der Waals surface area contributed by atoms with E-state index in [-0.39, 0.29) is 0 Å². The number of carbonyl (C=O) groups excluding carboxylic acids is 1. The highest BCUT2D eigenvalue weighted by atomic mass is 32.2. The molecule has 0 aliphatic heterocycles. The fourth-order valence-corrected chi connectivity index (χ4v) is 3.51. The molecule has 1 amide bonds. The topological polar surface area (TPSA) is 86.9 Å². The van der Waals surface area contributed by atoms with Gasteiger partial charge in [-0.2, -0.15) is 0 Å². The summed E-state index contributed by atoms with van der Waals surface area (Å²) in [6, 6.07) is 11.2. The van der Waals surface area contributed by atoms with Crippen LogP contribution in [0.1, 0.15) is 16.6 Å². The van der Waals surface area contributed by atoms with Crippen molar-refractivity contribution < 1.29 is 9.21 Å². The van der Waals surface area contributed by atoms with E-state index in [2.05, 4.69) is 16.8 Å². The van der Waals surface area contributed by atoms with Crippen molar-refractivity contribution in [1.82, 2.24) is 14.8 Å². The smallest absolute Gasteiger partial charge is 0.235 e. The molecule has 0 saturated carbocycles. The van der Waals surface area contributed by atoms with Crippen molar-refractivity contribution in [2.75, 3.05) is 0 Å². The molecular weight excluding hydrogens is 336 g/mol. The van der Waals surface area contributed by atoms with Crippen LogP contribution < -0.4 is 5.73 Å². The number of nitrogens with zero attached hydrogens (tertiary/aromatic N) is 3. The Morgan fingerprint density at radius 2 is 2.12 bits per heavy atom. The molecule has 1 atom stereocenters. The molecule has 0 bridgehead atoms. The zero-order valence-corrected chi connectivity index (χ0v) is 14.6. The molecule has 25 heavy (non-hydrogen) atoms. The molecule has 0 radical (unpaired) electrons. The van der Waals surface area contributed by atoms with Crippen LogP contribution in [0.25, 0.3) is 11.4 Å².